The molecule has 1 aromatic carbocycles. The molecule has 1 N–H and O–H groups in total. The van der Waals surface area contributed by atoms with E-state index < -0.39 is 15.7 Å². The van der Waals surface area contributed by atoms with Gasteiger partial charge in [-0.1, -0.05) is 24.3 Å². The van der Waals surface area contributed by atoms with Gasteiger partial charge in [0.15, 0.2) is 0 Å². The lowest BCUT2D eigenvalue weighted by Gasteiger charge is -2.31. The van der Waals surface area contributed by atoms with E-state index in [-0.39, 0.29) is 16.7 Å². The Morgan fingerprint density at radius 3 is 2.61 bits per heavy atom. The summed E-state index contributed by atoms with van der Waals surface area (Å²) in [7, 11) is -2.96. The molecule has 8 nitrogen and oxygen atoms in total. The number of benzene rings is 1. The van der Waals surface area contributed by atoms with Gasteiger partial charge in [-0.05, 0) is 49.2 Å². The van der Waals surface area contributed by atoms with Crippen LogP contribution < -0.4 is 0 Å². The molecule has 3 aliphatic heterocycles. The summed E-state index contributed by atoms with van der Waals surface area (Å²) in [5.74, 6) is -0.0795. The minimum atomic E-state index is -2.96. The van der Waals surface area contributed by atoms with Crippen LogP contribution in [-0.2, 0) is 21.2 Å². The first-order valence-corrected chi connectivity index (χ1v) is 12.8. The monoisotopic (exact) mass is 461 g/mol. The van der Waals surface area contributed by atoms with Gasteiger partial charge in [-0.15, -0.1) is 0 Å². The summed E-state index contributed by atoms with van der Waals surface area (Å²) in [6.45, 7) is 2.36. The fourth-order valence-electron chi connectivity index (χ4n) is 4.65. The Bertz CT molecular complexity index is 1350. The number of hydrogen-bond acceptors (Lipinski definition) is 6. The number of amides is 1. The first kappa shape index (κ1) is 21.5. The number of carbonyl (C=O) groups excluding carboxylic acids is 1. The highest BCUT2D eigenvalue weighted by molar-refractivity contribution is 7.91. The molecule has 0 saturated carbocycles. The van der Waals surface area contributed by atoms with E-state index in [1.165, 1.54) is 11.8 Å². The van der Waals surface area contributed by atoms with Crippen LogP contribution in [0.15, 0.2) is 52.0 Å². The summed E-state index contributed by atoms with van der Waals surface area (Å²) < 4.78 is 23.5. The van der Waals surface area contributed by atoms with Gasteiger partial charge in [0.1, 0.15) is 27.3 Å². The Morgan fingerprint density at radius 2 is 1.94 bits per heavy atom. The highest BCUT2D eigenvalue weighted by Gasteiger charge is 2.30. The highest BCUT2D eigenvalue weighted by atomic mass is 32.2. The second kappa shape index (κ2) is 8.21. The Kier molecular flexibility index (Phi) is 5.35. The average molecular weight is 462 g/mol. The maximum atomic E-state index is 11.9. The predicted molar refractivity (Wildman–Crippen MR) is 126 cm³/mol. The molecule has 1 unspecified atom stereocenters. The number of nitrogens with zero attached hydrogens (tertiary/aromatic N) is 4. The third kappa shape index (κ3) is 4.19. The molecule has 3 aliphatic rings. The summed E-state index contributed by atoms with van der Waals surface area (Å²) in [6, 6.07) is 12.2. The Balaban J connectivity index is 1.30. The van der Waals surface area contributed by atoms with Crippen molar-refractivity contribution in [2.45, 2.75) is 30.6 Å². The highest BCUT2D eigenvalue weighted by Crippen LogP contribution is 2.38. The van der Waals surface area contributed by atoms with Gasteiger partial charge in [0, 0.05) is 24.1 Å². The minimum Gasteiger partial charge on any atom is -0.339 e. The second-order valence-corrected chi connectivity index (χ2v) is 11.1. The van der Waals surface area contributed by atoms with Gasteiger partial charge >= 0.3 is 0 Å². The Labute approximate surface area is 192 Å². The molecule has 9 heteroatoms. The molecule has 5 rings (SSSR count). The van der Waals surface area contributed by atoms with E-state index in [1.807, 2.05) is 12.1 Å². The standard InChI is InChI=1S/C24H23N5O3S/c1-33(31,32)18-6-8-29(9-7-18)14-15-2-4-16(5-3-15)21-11-20-19-10-17(12-25)24(30)28-22(19)13-26-23(20)27-21/h2-5,10-11,13,18-19,27H,6-9,14H2,1H3. The Hall–Kier alpha value is -3.35. The van der Waals surface area contributed by atoms with Crippen molar-refractivity contribution in [3.05, 3.63) is 53.1 Å². The largest absolute Gasteiger partial charge is 0.339 e. The van der Waals surface area contributed by atoms with Gasteiger partial charge in [0.25, 0.3) is 5.91 Å². The number of carbonyl (C=O) groups is 1. The summed E-state index contributed by atoms with van der Waals surface area (Å²) >= 11 is 0. The van der Waals surface area contributed by atoms with Gasteiger partial charge in [-0.2, -0.15) is 5.26 Å². The van der Waals surface area contributed by atoms with Gasteiger partial charge in [0.05, 0.1) is 23.1 Å². The third-order valence-electron chi connectivity index (χ3n) is 6.53. The number of aromatic amines is 1. The number of piperidine rings is 1. The second-order valence-electron chi connectivity index (χ2n) is 8.76. The van der Waals surface area contributed by atoms with Gasteiger partial charge < -0.3 is 4.98 Å². The smallest absolute Gasteiger partial charge is 0.287 e. The van der Waals surface area contributed by atoms with Crippen molar-refractivity contribution >= 4 is 33.5 Å². The number of rotatable bonds is 4. The quantitative estimate of drug-likeness (QED) is 0.751. The van der Waals surface area contributed by atoms with E-state index >= 15 is 0 Å². The zero-order valence-corrected chi connectivity index (χ0v) is 19.0. The van der Waals surface area contributed by atoms with Crippen LogP contribution >= 0.6 is 0 Å². The lowest BCUT2D eigenvalue weighted by atomic mass is 9.89. The number of fused-ring (bicyclic) bond motifs is 3. The van der Waals surface area contributed by atoms with Crippen LogP contribution in [0.3, 0.4) is 0 Å². The predicted octanol–water partition coefficient (Wildman–Crippen LogP) is 2.92. The zero-order chi connectivity index (χ0) is 23.2. The van der Waals surface area contributed by atoms with Crippen LogP contribution in [0.5, 0.6) is 0 Å². The molecule has 1 fully saturated rings. The molecule has 2 aromatic rings. The number of sulfone groups is 1. The molecule has 1 saturated heterocycles. The molecular weight excluding hydrogens is 438 g/mol. The average Bonchev–Trinajstić information content (AvgIpc) is 3.23. The molecule has 33 heavy (non-hydrogen) atoms. The number of allylic oxidation sites excluding steroid dienone is 1. The van der Waals surface area contributed by atoms with E-state index in [2.05, 4.69) is 44.1 Å². The minimum absolute atomic E-state index is 0.0534. The van der Waals surface area contributed by atoms with Crippen molar-refractivity contribution in [3.8, 4) is 17.3 Å². The molecule has 0 spiro atoms. The van der Waals surface area contributed by atoms with Gasteiger partial charge in [-0.25, -0.2) is 18.4 Å². The van der Waals surface area contributed by atoms with Crippen molar-refractivity contribution in [1.82, 2.24) is 9.88 Å². The maximum Gasteiger partial charge on any atom is 0.287 e. The SMILES string of the molecule is CS(=O)(=O)C1CCN(Cc2ccc(-c3cc4c([nH]3)N=CC3=NC(=O)C(C#N)=CC34)cc2)CC1. The molecule has 0 radical (unpaired) electrons. The number of aliphatic imine (C=N–C) groups is 2. The normalized spacial score (nSPS) is 21.1. The van der Waals surface area contributed by atoms with E-state index in [4.69, 9.17) is 0 Å². The number of likely N-dealkylation sites (tertiary alicyclic amines) is 1. The van der Waals surface area contributed by atoms with Gasteiger partial charge in [0.2, 0.25) is 0 Å². The van der Waals surface area contributed by atoms with Crippen LogP contribution in [0, 0.1) is 11.3 Å². The molecule has 0 aliphatic carbocycles. The number of H-pyrrole nitrogens is 1. The van der Waals surface area contributed by atoms with Crippen molar-refractivity contribution in [1.29, 1.82) is 5.26 Å². The maximum absolute atomic E-state index is 11.9. The number of aromatic nitrogens is 1. The molecule has 4 heterocycles. The van der Waals surface area contributed by atoms with Crippen molar-refractivity contribution < 1.29 is 13.2 Å². The van der Waals surface area contributed by atoms with E-state index in [0.29, 0.717) is 24.4 Å². The fourth-order valence-corrected chi connectivity index (χ4v) is 5.71. The molecule has 0 bridgehead atoms. The summed E-state index contributed by atoms with van der Waals surface area (Å²) in [4.78, 5) is 25.9. The molecule has 1 atom stereocenters. The van der Waals surface area contributed by atoms with Crippen LogP contribution in [0.4, 0.5) is 5.82 Å². The first-order chi connectivity index (χ1) is 15.8. The van der Waals surface area contributed by atoms with E-state index in [9.17, 15) is 18.5 Å². The number of dihydropyridines is 1. The van der Waals surface area contributed by atoms with Crippen molar-refractivity contribution in [2.24, 2.45) is 9.98 Å². The van der Waals surface area contributed by atoms with Crippen LogP contribution in [0.2, 0.25) is 0 Å². The lowest BCUT2D eigenvalue weighted by molar-refractivity contribution is -0.114. The molecule has 168 valence electrons. The zero-order valence-electron chi connectivity index (χ0n) is 18.2. The van der Waals surface area contributed by atoms with E-state index in [0.717, 1.165) is 36.5 Å². The molecular formula is C24H23N5O3S. The van der Waals surface area contributed by atoms with Crippen LogP contribution in [-0.4, -0.2) is 60.7 Å². The van der Waals surface area contributed by atoms with Crippen molar-refractivity contribution in [2.75, 3.05) is 19.3 Å². The number of nitriles is 1. The van der Waals surface area contributed by atoms with Crippen LogP contribution in [0.25, 0.3) is 11.3 Å². The topological polar surface area (TPSA) is 119 Å². The Morgan fingerprint density at radius 1 is 1.21 bits per heavy atom. The summed E-state index contributed by atoms with van der Waals surface area (Å²) in [5.41, 5.74) is 4.58. The summed E-state index contributed by atoms with van der Waals surface area (Å²) in [5, 5.41) is 8.98. The number of hydrogen-bond donors (Lipinski definition) is 1. The fraction of sp³-hybridized carbons (Fsp3) is 0.333. The lowest BCUT2D eigenvalue weighted by Crippen LogP contribution is -2.38. The molecule has 1 amide bonds. The van der Waals surface area contributed by atoms with Crippen molar-refractivity contribution in [3.63, 3.8) is 0 Å². The van der Waals surface area contributed by atoms with E-state index in [1.54, 1.807) is 12.3 Å². The summed E-state index contributed by atoms with van der Waals surface area (Å²) in [6.07, 6.45) is 5.93. The van der Waals surface area contributed by atoms with Gasteiger partial charge in [-0.3, -0.25) is 9.69 Å². The third-order valence-corrected chi connectivity index (χ3v) is 8.21. The number of nitrogens with one attached hydrogen (secondary N) is 1. The van der Waals surface area contributed by atoms with Crippen LogP contribution in [0.1, 0.15) is 29.9 Å². The molecule has 1 aromatic heterocycles. The first-order valence-electron chi connectivity index (χ1n) is 10.8.